The molecule has 8 heteroatoms. The predicted octanol–water partition coefficient (Wildman–Crippen LogP) is 2.93. The molecule has 0 aliphatic heterocycles. The molecule has 0 radical (unpaired) electrons. The molecule has 0 saturated heterocycles. The number of nitrogens with one attached hydrogen (secondary N) is 4. The molecule has 0 bridgehead atoms. The Labute approximate surface area is 193 Å². The number of hydrogen-bond donors (Lipinski definition) is 4. The number of anilines is 2. The molecule has 0 atom stereocenters. The van der Waals surface area contributed by atoms with Gasteiger partial charge >= 0.3 is 0 Å². The van der Waals surface area contributed by atoms with E-state index in [1.807, 2.05) is 60.7 Å². The quantitative estimate of drug-likeness (QED) is 0.268. The van der Waals surface area contributed by atoms with Crippen LogP contribution in [0, 0.1) is 0 Å². The lowest BCUT2D eigenvalue weighted by Gasteiger charge is -2.12. The molecule has 1 aromatic heterocycles. The van der Waals surface area contributed by atoms with Crippen molar-refractivity contribution in [1.82, 2.24) is 20.6 Å². The number of amides is 2. The summed E-state index contributed by atoms with van der Waals surface area (Å²) in [5.74, 6) is 1.63. The highest BCUT2D eigenvalue weighted by atomic mass is 16.2. The Bertz CT molecular complexity index is 1070. The molecule has 0 fully saturated rings. The van der Waals surface area contributed by atoms with E-state index in [2.05, 4.69) is 31.2 Å². The van der Waals surface area contributed by atoms with Gasteiger partial charge in [-0.25, -0.2) is 9.97 Å². The highest BCUT2D eigenvalue weighted by molar-refractivity contribution is 5.91. The molecule has 0 saturated carbocycles. The van der Waals surface area contributed by atoms with Crippen molar-refractivity contribution < 1.29 is 9.59 Å². The van der Waals surface area contributed by atoms with E-state index in [9.17, 15) is 9.59 Å². The van der Waals surface area contributed by atoms with E-state index in [4.69, 9.17) is 0 Å². The smallest absolute Gasteiger partial charge is 0.244 e. The number of carbonyl (C=O) groups excluding carboxylic acids is 2. The predicted molar refractivity (Wildman–Crippen MR) is 132 cm³/mol. The molecule has 0 aliphatic rings. The molecule has 3 aromatic rings. The van der Waals surface area contributed by atoms with Crippen LogP contribution in [0.15, 0.2) is 72.8 Å². The maximum Gasteiger partial charge on any atom is 0.244 e. The van der Waals surface area contributed by atoms with Crippen LogP contribution in [-0.4, -0.2) is 48.0 Å². The third kappa shape index (κ3) is 8.45. The lowest BCUT2D eigenvalue weighted by Crippen LogP contribution is -2.27. The Morgan fingerprint density at radius 3 is 1.97 bits per heavy atom. The Kier molecular flexibility index (Phi) is 8.96. The summed E-state index contributed by atoms with van der Waals surface area (Å²) < 4.78 is 0. The number of rotatable bonds is 11. The molecular formula is C25H28N6O2. The Morgan fingerprint density at radius 1 is 0.788 bits per heavy atom. The van der Waals surface area contributed by atoms with Crippen molar-refractivity contribution in [2.24, 2.45) is 0 Å². The minimum Gasteiger partial charge on any atom is -0.368 e. The van der Waals surface area contributed by atoms with Crippen LogP contribution in [0.5, 0.6) is 0 Å². The van der Waals surface area contributed by atoms with Gasteiger partial charge in [0.1, 0.15) is 11.6 Å². The minimum absolute atomic E-state index is 0.0764. The number of carbonyl (C=O) groups is 2. The van der Waals surface area contributed by atoms with Gasteiger partial charge in [-0.2, -0.15) is 0 Å². The standard InChI is InChI=1S/C25H28N6O2/c1-19(32)26-14-15-27-22-18-23(31-25(30-22)21-10-6-3-7-11-21)28-16-17-29-24(33)13-12-20-8-4-2-5-9-20/h2-13,18H,14-17H2,1H3,(H,26,32)(H,29,33)(H2,27,28,30,31)/b13-12+. The highest BCUT2D eigenvalue weighted by Crippen LogP contribution is 2.19. The first-order valence-corrected chi connectivity index (χ1v) is 10.8. The van der Waals surface area contributed by atoms with Gasteiger partial charge in [0.05, 0.1) is 0 Å². The van der Waals surface area contributed by atoms with E-state index in [1.165, 1.54) is 13.0 Å². The number of hydrogen-bond acceptors (Lipinski definition) is 6. The molecule has 0 aliphatic carbocycles. The number of nitrogens with zero attached hydrogens (tertiary/aromatic N) is 2. The normalized spacial score (nSPS) is 10.6. The number of aromatic nitrogens is 2. The van der Waals surface area contributed by atoms with Crippen molar-refractivity contribution in [1.29, 1.82) is 0 Å². The average molecular weight is 445 g/mol. The fourth-order valence-corrected chi connectivity index (χ4v) is 2.95. The monoisotopic (exact) mass is 444 g/mol. The minimum atomic E-state index is -0.159. The fraction of sp³-hybridized carbons (Fsp3) is 0.200. The summed E-state index contributed by atoms with van der Waals surface area (Å²) in [4.78, 5) is 32.2. The molecule has 0 unspecified atom stereocenters. The number of benzene rings is 2. The molecule has 0 spiro atoms. The van der Waals surface area contributed by atoms with E-state index in [1.54, 1.807) is 12.1 Å². The second-order valence-corrected chi connectivity index (χ2v) is 7.20. The van der Waals surface area contributed by atoms with Crippen LogP contribution in [0.4, 0.5) is 11.6 Å². The van der Waals surface area contributed by atoms with Crippen molar-refractivity contribution in [3.8, 4) is 11.4 Å². The van der Waals surface area contributed by atoms with Crippen molar-refractivity contribution in [2.75, 3.05) is 36.8 Å². The lowest BCUT2D eigenvalue weighted by molar-refractivity contribution is -0.119. The zero-order chi connectivity index (χ0) is 23.3. The summed E-state index contributed by atoms with van der Waals surface area (Å²) in [5, 5.41) is 12.0. The summed E-state index contributed by atoms with van der Waals surface area (Å²) in [7, 11) is 0. The van der Waals surface area contributed by atoms with E-state index in [0.717, 1.165) is 11.1 Å². The van der Waals surface area contributed by atoms with Crippen LogP contribution in [0.2, 0.25) is 0 Å². The largest absolute Gasteiger partial charge is 0.368 e. The molecule has 2 amide bonds. The van der Waals surface area contributed by atoms with Gasteiger partial charge < -0.3 is 21.3 Å². The van der Waals surface area contributed by atoms with Gasteiger partial charge in [-0.3, -0.25) is 9.59 Å². The van der Waals surface area contributed by atoms with Crippen molar-refractivity contribution in [3.63, 3.8) is 0 Å². The molecule has 1 heterocycles. The van der Waals surface area contributed by atoms with Gasteiger partial charge in [0.25, 0.3) is 0 Å². The second kappa shape index (κ2) is 12.6. The van der Waals surface area contributed by atoms with E-state index < -0.39 is 0 Å². The first-order chi connectivity index (χ1) is 16.1. The van der Waals surface area contributed by atoms with Gasteiger partial charge in [0, 0.05) is 50.8 Å². The Balaban J connectivity index is 1.56. The Morgan fingerprint density at radius 2 is 1.36 bits per heavy atom. The zero-order valence-corrected chi connectivity index (χ0v) is 18.5. The summed E-state index contributed by atoms with van der Waals surface area (Å²) in [6.07, 6.45) is 3.29. The maximum atomic E-state index is 12.0. The van der Waals surface area contributed by atoms with Gasteiger partial charge in [0.15, 0.2) is 5.82 Å². The van der Waals surface area contributed by atoms with Crippen LogP contribution < -0.4 is 21.3 Å². The van der Waals surface area contributed by atoms with E-state index in [-0.39, 0.29) is 11.8 Å². The molecule has 3 rings (SSSR count). The van der Waals surface area contributed by atoms with Crippen molar-refractivity contribution in [3.05, 3.63) is 78.4 Å². The van der Waals surface area contributed by atoms with Gasteiger partial charge in [-0.1, -0.05) is 60.7 Å². The average Bonchev–Trinajstić information content (AvgIpc) is 2.84. The molecule has 4 N–H and O–H groups in total. The highest BCUT2D eigenvalue weighted by Gasteiger charge is 2.07. The molecular weight excluding hydrogens is 416 g/mol. The van der Waals surface area contributed by atoms with Crippen LogP contribution in [0.3, 0.4) is 0 Å². The molecule has 170 valence electrons. The molecule has 2 aromatic carbocycles. The fourth-order valence-electron chi connectivity index (χ4n) is 2.95. The van der Waals surface area contributed by atoms with Gasteiger partial charge in [-0.05, 0) is 11.6 Å². The third-order valence-electron chi connectivity index (χ3n) is 4.52. The van der Waals surface area contributed by atoms with Crippen molar-refractivity contribution >= 4 is 29.5 Å². The summed E-state index contributed by atoms with van der Waals surface area (Å²) in [5.41, 5.74) is 1.86. The van der Waals surface area contributed by atoms with E-state index >= 15 is 0 Å². The Hall–Kier alpha value is -4.20. The van der Waals surface area contributed by atoms with Crippen molar-refractivity contribution in [2.45, 2.75) is 6.92 Å². The second-order valence-electron chi connectivity index (χ2n) is 7.20. The van der Waals surface area contributed by atoms with Crippen LogP contribution in [0.1, 0.15) is 12.5 Å². The van der Waals surface area contributed by atoms with E-state index in [0.29, 0.717) is 43.6 Å². The van der Waals surface area contributed by atoms with Gasteiger partial charge in [0.2, 0.25) is 11.8 Å². The lowest BCUT2D eigenvalue weighted by atomic mass is 10.2. The summed E-state index contributed by atoms with van der Waals surface area (Å²) in [6.45, 7) is 3.45. The topological polar surface area (TPSA) is 108 Å². The zero-order valence-electron chi connectivity index (χ0n) is 18.5. The van der Waals surface area contributed by atoms with Crippen LogP contribution in [0.25, 0.3) is 17.5 Å². The molecule has 33 heavy (non-hydrogen) atoms. The van der Waals surface area contributed by atoms with Gasteiger partial charge in [-0.15, -0.1) is 0 Å². The SMILES string of the molecule is CC(=O)NCCNc1cc(NCCNC(=O)/C=C/c2ccccc2)nc(-c2ccccc2)n1. The van der Waals surface area contributed by atoms with Crippen LogP contribution in [-0.2, 0) is 9.59 Å². The maximum absolute atomic E-state index is 12.0. The first kappa shape index (κ1) is 23.5. The first-order valence-electron chi connectivity index (χ1n) is 10.8. The molecule has 8 nitrogen and oxygen atoms in total. The third-order valence-corrected chi connectivity index (χ3v) is 4.52. The summed E-state index contributed by atoms with van der Waals surface area (Å²) in [6, 6.07) is 21.2. The summed E-state index contributed by atoms with van der Waals surface area (Å²) >= 11 is 0. The van der Waals surface area contributed by atoms with Crippen LogP contribution >= 0.6 is 0 Å².